The fourth-order valence-electron chi connectivity index (χ4n) is 4.16. The van der Waals surface area contributed by atoms with Crippen LogP contribution in [0.15, 0.2) is 70.2 Å². The van der Waals surface area contributed by atoms with E-state index < -0.39 is 18.0 Å². The SMILES string of the molecule is CCOC(=O)[C@@H](C)Oc1c(C=NNC(=O)c2ccc(COc3ccc(-n4c(C)ccc4C)cc3)o2)cc(Cl)cc1OC. The molecular formula is C31H32ClN3O7. The predicted molar refractivity (Wildman–Crippen MR) is 158 cm³/mol. The molecular weight excluding hydrogens is 562 g/mol. The number of carbonyl (C=O) groups excluding carboxylic acids is 2. The van der Waals surface area contributed by atoms with Crippen LogP contribution in [-0.2, 0) is 16.1 Å². The number of hydrazone groups is 1. The average molecular weight is 594 g/mol. The molecule has 0 spiro atoms. The summed E-state index contributed by atoms with van der Waals surface area (Å²) in [5.41, 5.74) is 6.12. The van der Waals surface area contributed by atoms with E-state index in [1.165, 1.54) is 25.5 Å². The summed E-state index contributed by atoms with van der Waals surface area (Å²) in [6.45, 7) is 7.72. The van der Waals surface area contributed by atoms with E-state index in [4.69, 9.17) is 35.0 Å². The molecule has 4 rings (SSSR count). The second-order valence-corrected chi connectivity index (χ2v) is 9.67. The molecule has 220 valence electrons. The molecule has 0 bridgehead atoms. The molecule has 42 heavy (non-hydrogen) atoms. The second kappa shape index (κ2) is 13.8. The van der Waals surface area contributed by atoms with E-state index in [1.54, 1.807) is 26.0 Å². The molecule has 0 aliphatic rings. The van der Waals surface area contributed by atoms with E-state index in [-0.39, 0.29) is 30.5 Å². The highest BCUT2D eigenvalue weighted by atomic mass is 35.5. The molecule has 0 fully saturated rings. The lowest BCUT2D eigenvalue weighted by atomic mass is 10.2. The summed E-state index contributed by atoms with van der Waals surface area (Å²) in [5, 5.41) is 4.34. The summed E-state index contributed by atoms with van der Waals surface area (Å²) < 4.78 is 29.8. The van der Waals surface area contributed by atoms with Crippen molar-refractivity contribution in [2.45, 2.75) is 40.4 Å². The molecule has 0 saturated carbocycles. The lowest BCUT2D eigenvalue weighted by Gasteiger charge is -2.18. The molecule has 10 nitrogen and oxygen atoms in total. The molecule has 0 aliphatic carbocycles. The van der Waals surface area contributed by atoms with E-state index in [2.05, 4.69) is 41.1 Å². The molecule has 4 aromatic rings. The van der Waals surface area contributed by atoms with E-state index in [1.807, 2.05) is 24.3 Å². The first kappa shape index (κ1) is 30.3. The van der Waals surface area contributed by atoms with Gasteiger partial charge < -0.3 is 27.9 Å². The quantitative estimate of drug-likeness (QED) is 0.121. The number of hydrogen-bond donors (Lipinski definition) is 1. The summed E-state index contributed by atoms with van der Waals surface area (Å²) in [5.74, 6) is 0.569. The number of esters is 1. The Kier molecular flexibility index (Phi) is 9.93. The van der Waals surface area contributed by atoms with E-state index >= 15 is 0 Å². The van der Waals surface area contributed by atoms with Gasteiger partial charge in [0.25, 0.3) is 0 Å². The van der Waals surface area contributed by atoms with Gasteiger partial charge in [-0.05, 0) is 82.3 Å². The van der Waals surface area contributed by atoms with Gasteiger partial charge in [0, 0.05) is 33.7 Å². The number of nitrogens with one attached hydrogen (secondary N) is 1. The normalized spacial score (nSPS) is 11.8. The number of carbonyl (C=O) groups is 2. The molecule has 11 heteroatoms. The molecule has 1 amide bonds. The summed E-state index contributed by atoms with van der Waals surface area (Å²) in [6.07, 6.45) is 0.406. The minimum atomic E-state index is -0.920. The van der Waals surface area contributed by atoms with Crippen LogP contribution in [0.1, 0.15) is 47.1 Å². The summed E-state index contributed by atoms with van der Waals surface area (Å²) in [6, 6.07) is 18.2. The van der Waals surface area contributed by atoms with Crippen LogP contribution in [0.25, 0.3) is 5.69 Å². The van der Waals surface area contributed by atoms with Crippen molar-refractivity contribution < 1.29 is 33.0 Å². The molecule has 2 heterocycles. The molecule has 0 saturated heterocycles. The number of hydrogen-bond acceptors (Lipinski definition) is 8. The zero-order valence-corrected chi connectivity index (χ0v) is 24.7. The highest BCUT2D eigenvalue weighted by Gasteiger charge is 2.21. The molecule has 2 aromatic heterocycles. The monoisotopic (exact) mass is 593 g/mol. The first-order valence-corrected chi connectivity index (χ1v) is 13.6. The van der Waals surface area contributed by atoms with Gasteiger partial charge in [0.05, 0.1) is 19.9 Å². The number of furan rings is 1. The van der Waals surface area contributed by atoms with Crippen LogP contribution in [-0.4, -0.2) is 42.5 Å². The molecule has 0 unspecified atom stereocenters. The number of halogens is 1. The van der Waals surface area contributed by atoms with Crippen LogP contribution in [0.2, 0.25) is 5.02 Å². The molecule has 1 atom stereocenters. The van der Waals surface area contributed by atoms with Crippen LogP contribution >= 0.6 is 11.6 Å². The van der Waals surface area contributed by atoms with Crippen LogP contribution in [0, 0.1) is 13.8 Å². The van der Waals surface area contributed by atoms with Gasteiger partial charge in [0.15, 0.2) is 23.4 Å². The standard InChI is InChI=1S/C31H32ClN3O7/c1-6-39-31(37)21(4)41-29-22(15-23(32)16-28(29)38-5)17-33-34-30(36)27-14-13-26(42-27)18-40-25-11-9-24(10-12-25)35-19(2)7-8-20(35)3/h7-17,21H,6,18H2,1-5H3,(H,34,36)/t21-/m1/s1. The van der Waals surface area contributed by atoms with E-state index in [0.717, 1.165) is 17.1 Å². The zero-order chi connectivity index (χ0) is 30.2. The Hall–Kier alpha value is -4.70. The van der Waals surface area contributed by atoms with Crippen molar-refractivity contribution in [2.75, 3.05) is 13.7 Å². The topological polar surface area (TPSA) is 114 Å². The third kappa shape index (κ3) is 7.32. The third-order valence-electron chi connectivity index (χ3n) is 6.18. The lowest BCUT2D eigenvalue weighted by Crippen LogP contribution is -2.26. The fourth-order valence-corrected chi connectivity index (χ4v) is 4.38. The Bertz CT molecular complexity index is 1550. The molecule has 2 aromatic carbocycles. The van der Waals surface area contributed by atoms with Crippen molar-refractivity contribution >= 4 is 29.7 Å². The molecule has 1 N–H and O–H groups in total. The van der Waals surface area contributed by atoms with Gasteiger partial charge >= 0.3 is 11.9 Å². The first-order chi connectivity index (χ1) is 20.2. The summed E-state index contributed by atoms with van der Waals surface area (Å²) >= 11 is 6.20. The van der Waals surface area contributed by atoms with Gasteiger partial charge in [-0.25, -0.2) is 10.2 Å². The fraction of sp³-hybridized carbons (Fsp3) is 0.258. The Morgan fingerprint density at radius 1 is 1.07 bits per heavy atom. The Labute approximate surface area is 248 Å². The highest BCUT2D eigenvalue weighted by Crippen LogP contribution is 2.34. The number of aryl methyl sites for hydroxylation is 2. The minimum Gasteiger partial charge on any atom is -0.493 e. The van der Waals surface area contributed by atoms with Gasteiger partial charge in [-0.15, -0.1) is 0 Å². The number of ether oxygens (including phenoxy) is 4. The Morgan fingerprint density at radius 2 is 1.79 bits per heavy atom. The largest absolute Gasteiger partial charge is 0.493 e. The van der Waals surface area contributed by atoms with Gasteiger partial charge in [-0.1, -0.05) is 11.6 Å². The first-order valence-electron chi connectivity index (χ1n) is 13.2. The van der Waals surface area contributed by atoms with Crippen LogP contribution in [0.4, 0.5) is 0 Å². The molecule has 0 radical (unpaired) electrons. The average Bonchev–Trinajstić information content (AvgIpc) is 3.59. The zero-order valence-electron chi connectivity index (χ0n) is 24.0. The van der Waals surface area contributed by atoms with E-state index in [0.29, 0.717) is 22.1 Å². The van der Waals surface area contributed by atoms with Crippen LogP contribution in [0.3, 0.4) is 0 Å². The number of benzene rings is 2. The number of rotatable bonds is 12. The van der Waals surface area contributed by atoms with Gasteiger partial charge in [-0.3, -0.25) is 4.79 Å². The number of nitrogens with zero attached hydrogens (tertiary/aromatic N) is 2. The van der Waals surface area contributed by atoms with Gasteiger partial charge in [0.1, 0.15) is 18.1 Å². The Balaban J connectivity index is 1.37. The maximum atomic E-state index is 12.6. The lowest BCUT2D eigenvalue weighted by molar-refractivity contribution is -0.150. The van der Waals surface area contributed by atoms with Crippen molar-refractivity contribution in [1.82, 2.24) is 9.99 Å². The minimum absolute atomic E-state index is 0.0516. The smallest absolute Gasteiger partial charge is 0.347 e. The van der Waals surface area contributed by atoms with E-state index in [9.17, 15) is 9.59 Å². The predicted octanol–water partition coefficient (Wildman–Crippen LogP) is 6.02. The number of methoxy groups -OCH3 is 1. The number of amides is 1. The third-order valence-corrected chi connectivity index (χ3v) is 6.40. The van der Waals surface area contributed by atoms with Crippen LogP contribution < -0.4 is 19.6 Å². The van der Waals surface area contributed by atoms with Crippen molar-refractivity contribution in [3.8, 4) is 22.9 Å². The van der Waals surface area contributed by atoms with Crippen molar-refractivity contribution in [1.29, 1.82) is 0 Å². The summed E-state index contributed by atoms with van der Waals surface area (Å²) in [4.78, 5) is 24.7. The van der Waals surface area contributed by atoms with Crippen molar-refractivity contribution in [2.24, 2.45) is 5.10 Å². The maximum Gasteiger partial charge on any atom is 0.347 e. The number of aromatic nitrogens is 1. The Morgan fingerprint density at radius 3 is 2.45 bits per heavy atom. The van der Waals surface area contributed by atoms with Crippen LogP contribution in [0.5, 0.6) is 17.2 Å². The van der Waals surface area contributed by atoms with Crippen molar-refractivity contribution in [3.05, 3.63) is 94.2 Å². The van der Waals surface area contributed by atoms with Crippen molar-refractivity contribution in [3.63, 3.8) is 0 Å². The molecule has 0 aliphatic heterocycles. The highest BCUT2D eigenvalue weighted by molar-refractivity contribution is 6.31. The van der Waals surface area contributed by atoms with Gasteiger partial charge in [-0.2, -0.15) is 5.10 Å². The second-order valence-electron chi connectivity index (χ2n) is 9.24. The summed E-state index contributed by atoms with van der Waals surface area (Å²) in [7, 11) is 1.44. The van der Waals surface area contributed by atoms with Gasteiger partial charge in [0.2, 0.25) is 0 Å². The maximum absolute atomic E-state index is 12.6.